The molecule has 32 heavy (non-hydrogen) atoms. The van der Waals surface area contributed by atoms with Gasteiger partial charge in [0.2, 0.25) is 10.0 Å². The van der Waals surface area contributed by atoms with Gasteiger partial charge >= 0.3 is 0 Å². The van der Waals surface area contributed by atoms with Gasteiger partial charge in [-0.2, -0.15) is 0 Å². The lowest BCUT2D eigenvalue weighted by Gasteiger charge is -2.35. The van der Waals surface area contributed by atoms with Gasteiger partial charge in [0.15, 0.2) is 0 Å². The highest BCUT2D eigenvalue weighted by atomic mass is 32.2. The lowest BCUT2D eigenvalue weighted by atomic mass is 10.1. The number of carbonyl (C=O) groups excluding carboxylic acids is 1. The van der Waals surface area contributed by atoms with E-state index >= 15 is 0 Å². The molecule has 0 aliphatic carbocycles. The smallest absolute Gasteiger partial charge is 0.251 e. The second-order valence-electron chi connectivity index (χ2n) is 8.40. The summed E-state index contributed by atoms with van der Waals surface area (Å²) in [6.45, 7) is 8.95. The molecule has 1 aliphatic heterocycles. The third-order valence-electron chi connectivity index (χ3n) is 5.32. The summed E-state index contributed by atoms with van der Waals surface area (Å²) in [7, 11) is -3.41. The van der Waals surface area contributed by atoms with E-state index in [1.54, 1.807) is 31.2 Å². The van der Waals surface area contributed by atoms with E-state index in [1.165, 1.54) is 5.56 Å². The summed E-state index contributed by atoms with van der Waals surface area (Å²) in [5.41, 5.74) is 3.04. The van der Waals surface area contributed by atoms with Gasteiger partial charge in [-0.3, -0.25) is 14.4 Å². The molecular formula is C24H33N3O4S. The van der Waals surface area contributed by atoms with Gasteiger partial charge in [0, 0.05) is 37.4 Å². The Hall–Kier alpha value is -2.42. The van der Waals surface area contributed by atoms with Crippen LogP contribution in [-0.4, -0.2) is 50.3 Å². The molecule has 0 radical (unpaired) electrons. The van der Waals surface area contributed by atoms with Crippen molar-refractivity contribution >= 4 is 21.6 Å². The molecule has 1 amide bonds. The summed E-state index contributed by atoms with van der Waals surface area (Å²) < 4.78 is 32.4. The first-order valence-corrected chi connectivity index (χ1v) is 12.7. The van der Waals surface area contributed by atoms with E-state index in [2.05, 4.69) is 34.9 Å². The average molecular weight is 460 g/mol. The molecule has 2 atom stereocenters. The number of hydrogen-bond donors (Lipinski definition) is 2. The zero-order valence-electron chi connectivity index (χ0n) is 19.0. The second-order valence-corrected chi connectivity index (χ2v) is 10.2. The number of carbonyl (C=O) groups is 1. The fraction of sp³-hybridized carbons (Fsp3) is 0.458. The minimum Gasteiger partial charge on any atom is -0.373 e. The first-order chi connectivity index (χ1) is 15.3. The predicted octanol–water partition coefficient (Wildman–Crippen LogP) is 3.38. The van der Waals surface area contributed by atoms with Crippen LogP contribution in [0, 0.1) is 0 Å². The Morgan fingerprint density at radius 2 is 1.75 bits per heavy atom. The topological polar surface area (TPSA) is 87.7 Å². The van der Waals surface area contributed by atoms with E-state index in [0.29, 0.717) is 24.2 Å². The van der Waals surface area contributed by atoms with Gasteiger partial charge in [-0.05, 0) is 49.6 Å². The minimum absolute atomic E-state index is 0.0426. The molecule has 2 aromatic carbocycles. The van der Waals surface area contributed by atoms with Crippen LogP contribution >= 0.6 is 0 Å². The van der Waals surface area contributed by atoms with Crippen LogP contribution in [0.1, 0.15) is 48.7 Å². The van der Waals surface area contributed by atoms with Crippen LogP contribution in [0.3, 0.4) is 0 Å². The average Bonchev–Trinajstić information content (AvgIpc) is 2.72. The molecule has 1 fully saturated rings. The van der Waals surface area contributed by atoms with Gasteiger partial charge in [-0.1, -0.05) is 37.3 Å². The molecule has 0 saturated carbocycles. The Morgan fingerprint density at radius 3 is 2.44 bits per heavy atom. The van der Waals surface area contributed by atoms with E-state index in [1.807, 2.05) is 18.2 Å². The van der Waals surface area contributed by atoms with Crippen LogP contribution in [0.5, 0.6) is 0 Å². The van der Waals surface area contributed by atoms with Crippen LogP contribution in [0.4, 0.5) is 5.69 Å². The Labute approximate surface area is 191 Å². The van der Waals surface area contributed by atoms with Crippen LogP contribution in [-0.2, 0) is 27.8 Å². The SMILES string of the molecule is CCCS(=O)(=O)Nc1cccc(C(=O)NCc2ccccc2CN2CC(C)OC(C)C2)c1. The lowest BCUT2D eigenvalue weighted by Crippen LogP contribution is -2.45. The predicted molar refractivity (Wildman–Crippen MR) is 127 cm³/mol. The molecule has 174 valence electrons. The van der Waals surface area contributed by atoms with Crippen molar-refractivity contribution in [3.8, 4) is 0 Å². The standard InChI is InChI=1S/C24H33N3O4S/c1-4-12-32(29,30)26-23-11-7-10-20(13-23)24(28)25-14-21-8-5-6-9-22(21)17-27-15-18(2)31-19(3)16-27/h5-11,13,18-19,26H,4,12,14-17H2,1-3H3,(H,25,28). The number of nitrogens with one attached hydrogen (secondary N) is 2. The highest BCUT2D eigenvalue weighted by molar-refractivity contribution is 7.92. The molecule has 7 nitrogen and oxygen atoms in total. The number of morpholine rings is 1. The zero-order chi connectivity index (χ0) is 23.1. The summed E-state index contributed by atoms with van der Waals surface area (Å²) in [6, 6.07) is 14.7. The van der Waals surface area contributed by atoms with E-state index in [-0.39, 0.29) is 23.9 Å². The Bertz CT molecular complexity index is 1020. The molecule has 2 aromatic rings. The van der Waals surface area contributed by atoms with Crippen molar-refractivity contribution in [2.45, 2.75) is 52.5 Å². The molecule has 1 saturated heterocycles. The fourth-order valence-electron chi connectivity index (χ4n) is 4.04. The van der Waals surface area contributed by atoms with Crippen LogP contribution in [0.2, 0.25) is 0 Å². The third kappa shape index (κ3) is 7.05. The minimum atomic E-state index is -3.41. The van der Waals surface area contributed by atoms with Crippen molar-refractivity contribution in [1.29, 1.82) is 0 Å². The van der Waals surface area contributed by atoms with Crippen LogP contribution < -0.4 is 10.0 Å². The van der Waals surface area contributed by atoms with Crippen molar-refractivity contribution in [2.24, 2.45) is 0 Å². The molecule has 0 aromatic heterocycles. The number of benzene rings is 2. The monoisotopic (exact) mass is 459 g/mol. The number of rotatable bonds is 9. The van der Waals surface area contributed by atoms with Gasteiger partial charge in [-0.15, -0.1) is 0 Å². The first kappa shape index (κ1) is 24.2. The summed E-state index contributed by atoms with van der Waals surface area (Å²) >= 11 is 0. The van der Waals surface area contributed by atoms with Gasteiger partial charge in [0.1, 0.15) is 0 Å². The maximum atomic E-state index is 12.7. The third-order valence-corrected chi connectivity index (χ3v) is 6.81. The Kier molecular flexibility index (Phi) is 8.28. The summed E-state index contributed by atoms with van der Waals surface area (Å²) in [5, 5.41) is 2.97. The molecule has 1 heterocycles. The first-order valence-electron chi connectivity index (χ1n) is 11.1. The number of nitrogens with zero attached hydrogens (tertiary/aromatic N) is 1. The van der Waals surface area contributed by atoms with Crippen molar-refractivity contribution in [1.82, 2.24) is 10.2 Å². The number of sulfonamides is 1. The largest absolute Gasteiger partial charge is 0.373 e. The maximum absolute atomic E-state index is 12.7. The number of hydrogen-bond acceptors (Lipinski definition) is 5. The molecule has 2 unspecified atom stereocenters. The molecule has 3 rings (SSSR count). The van der Waals surface area contributed by atoms with Crippen LogP contribution in [0.15, 0.2) is 48.5 Å². The molecular weight excluding hydrogens is 426 g/mol. The van der Waals surface area contributed by atoms with Gasteiger partial charge in [-0.25, -0.2) is 8.42 Å². The maximum Gasteiger partial charge on any atom is 0.251 e. The second kappa shape index (κ2) is 10.9. The molecule has 0 spiro atoms. The summed E-state index contributed by atoms with van der Waals surface area (Å²) in [5.74, 6) is -0.203. The van der Waals surface area contributed by atoms with Gasteiger partial charge in [0.25, 0.3) is 5.91 Å². The van der Waals surface area contributed by atoms with Crippen molar-refractivity contribution in [3.63, 3.8) is 0 Å². The summed E-state index contributed by atoms with van der Waals surface area (Å²) in [6.07, 6.45) is 0.928. The Morgan fingerprint density at radius 1 is 1.06 bits per heavy atom. The molecule has 1 aliphatic rings. The Balaban J connectivity index is 1.64. The molecule has 2 N–H and O–H groups in total. The normalized spacial score (nSPS) is 19.5. The van der Waals surface area contributed by atoms with Gasteiger partial charge < -0.3 is 10.1 Å². The van der Waals surface area contributed by atoms with Crippen molar-refractivity contribution in [3.05, 3.63) is 65.2 Å². The van der Waals surface area contributed by atoms with Crippen molar-refractivity contribution < 1.29 is 17.9 Å². The highest BCUT2D eigenvalue weighted by Crippen LogP contribution is 2.18. The summed E-state index contributed by atoms with van der Waals surface area (Å²) in [4.78, 5) is 15.1. The quantitative estimate of drug-likeness (QED) is 0.600. The zero-order valence-corrected chi connectivity index (χ0v) is 19.8. The van der Waals surface area contributed by atoms with Crippen molar-refractivity contribution in [2.75, 3.05) is 23.6 Å². The van der Waals surface area contributed by atoms with E-state index in [9.17, 15) is 13.2 Å². The number of anilines is 1. The molecule has 0 bridgehead atoms. The highest BCUT2D eigenvalue weighted by Gasteiger charge is 2.22. The lowest BCUT2D eigenvalue weighted by molar-refractivity contribution is -0.0705. The van der Waals surface area contributed by atoms with E-state index < -0.39 is 10.0 Å². The van der Waals surface area contributed by atoms with E-state index in [4.69, 9.17) is 4.74 Å². The van der Waals surface area contributed by atoms with Gasteiger partial charge in [0.05, 0.1) is 18.0 Å². The van der Waals surface area contributed by atoms with Crippen LogP contribution in [0.25, 0.3) is 0 Å². The number of amides is 1. The molecule has 8 heteroatoms. The fourth-order valence-corrected chi connectivity index (χ4v) is 5.17. The number of ether oxygens (including phenoxy) is 1. The van der Waals surface area contributed by atoms with E-state index in [0.717, 1.165) is 25.2 Å².